The molecule has 9 nitrogen and oxygen atoms in total. The Bertz CT molecular complexity index is 1140. The van der Waals surface area contributed by atoms with Gasteiger partial charge in [-0.1, -0.05) is 58.0 Å². The van der Waals surface area contributed by atoms with Crippen molar-refractivity contribution in [2.24, 2.45) is 11.8 Å². The minimum Gasteiger partial charge on any atom is -0.506 e. The number of phenols is 1. The highest BCUT2D eigenvalue weighted by atomic mass is 127. The number of carbonyl (C=O) groups excluding carboxylic acids is 4. The van der Waals surface area contributed by atoms with E-state index >= 15 is 0 Å². The molecule has 0 fully saturated rings. The average molecular weight is 777 g/mol. The van der Waals surface area contributed by atoms with Crippen LogP contribution < -0.4 is 16.0 Å². The summed E-state index contributed by atoms with van der Waals surface area (Å²) in [7, 11) is 0. The van der Waals surface area contributed by atoms with Crippen LogP contribution in [0.1, 0.15) is 51.7 Å². The van der Waals surface area contributed by atoms with E-state index in [-0.39, 0.29) is 30.6 Å². The summed E-state index contributed by atoms with van der Waals surface area (Å²) in [6, 6.07) is 10.1. The summed E-state index contributed by atoms with van der Waals surface area (Å²) in [5.41, 5.74) is 1.60. The molecule has 0 bridgehead atoms. The lowest BCUT2D eigenvalue weighted by Gasteiger charge is -2.26. The molecule has 218 valence electrons. The van der Waals surface area contributed by atoms with Crippen molar-refractivity contribution >= 4 is 69.4 Å². The Kier molecular flexibility index (Phi) is 14.1. The van der Waals surface area contributed by atoms with Gasteiger partial charge < -0.3 is 30.6 Å². The summed E-state index contributed by atoms with van der Waals surface area (Å²) in [6.07, 6.45) is 0.843. The molecule has 3 atom stereocenters. The van der Waals surface area contributed by atoms with Crippen molar-refractivity contribution in [1.82, 2.24) is 16.0 Å². The highest BCUT2D eigenvalue weighted by Crippen LogP contribution is 2.27. The van der Waals surface area contributed by atoms with E-state index in [1.807, 2.05) is 103 Å². The molecule has 0 aliphatic rings. The number of rotatable bonds is 14. The number of halogens is 2. The maximum atomic E-state index is 13.3. The van der Waals surface area contributed by atoms with Gasteiger partial charge in [0.15, 0.2) is 0 Å². The summed E-state index contributed by atoms with van der Waals surface area (Å²) < 4.78 is 6.58. The Morgan fingerprint density at radius 3 is 1.90 bits per heavy atom. The zero-order chi connectivity index (χ0) is 29.8. The normalized spacial score (nSPS) is 13.3. The number of carbonyl (C=O) groups is 4. The summed E-state index contributed by atoms with van der Waals surface area (Å²) in [4.78, 5) is 50.9. The van der Waals surface area contributed by atoms with E-state index in [0.717, 1.165) is 11.1 Å². The second-order valence-corrected chi connectivity index (χ2v) is 12.8. The molecule has 0 saturated heterocycles. The Labute approximate surface area is 262 Å². The van der Waals surface area contributed by atoms with E-state index in [2.05, 4.69) is 16.0 Å². The van der Waals surface area contributed by atoms with Crippen LogP contribution in [0.3, 0.4) is 0 Å². The van der Waals surface area contributed by atoms with E-state index < -0.39 is 36.0 Å². The first-order chi connectivity index (χ1) is 18.9. The second-order valence-electron chi connectivity index (χ2n) is 10.4. The molecule has 11 heteroatoms. The second kappa shape index (κ2) is 16.7. The van der Waals surface area contributed by atoms with Crippen LogP contribution in [0.25, 0.3) is 0 Å². The van der Waals surface area contributed by atoms with Gasteiger partial charge in [-0.05, 0) is 99.5 Å². The summed E-state index contributed by atoms with van der Waals surface area (Å²) in [5, 5.41) is 18.2. The van der Waals surface area contributed by atoms with Gasteiger partial charge in [-0.2, -0.15) is 0 Å². The fraction of sp³-hybridized carbons (Fsp3) is 0.448. The van der Waals surface area contributed by atoms with E-state index in [1.165, 1.54) is 0 Å². The third kappa shape index (κ3) is 11.6. The molecule has 4 N–H and O–H groups in total. The molecule has 0 radical (unpaired) electrons. The quantitative estimate of drug-likeness (QED) is 0.163. The van der Waals surface area contributed by atoms with Crippen LogP contribution >= 0.6 is 45.2 Å². The van der Waals surface area contributed by atoms with E-state index in [9.17, 15) is 24.3 Å². The predicted molar refractivity (Wildman–Crippen MR) is 170 cm³/mol. The number of nitrogens with one attached hydrogen (secondary N) is 3. The average Bonchev–Trinajstić information content (AvgIpc) is 2.89. The number of ether oxygens (including phenoxy) is 1. The van der Waals surface area contributed by atoms with Crippen molar-refractivity contribution in [2.45, 2.75) is 71.7 Å². The lowest BCUT2D eigenvalue weighted by atomic mass is 9.99. The maximum Gasteiger partial charge on any atom is 0.408 e. The first-order valence-electron chi connectivity index (χ1n) is 13.1. The number of hydrogen-bond donors (Lipinski definition) is 4. The van der Waals surface area contributed by atoms with Crippen molar-refractivity contribution in [3.05, 3.63) is 60.7 Å². The largest absolute Gasteiger partial charge is 0.506 e. The van der Waals surface area contributed by atoms with Gasteiger partial charge in [0.2, 0.25) is 11.8 Å². The highest BCUT2D eigenvalue weighted by molar-refractivity contribution is 14.1. The molecule has 2 aromatic rings. The minimum atomic E-state index is -0.910. The Morgan fingerprint density at radius 1 is 0.850 bits per heavy atom. The number of amides is 3. The summed E-state index contributed by atoms with van der Waals surface area (Å²) in [6.45, 7) is 7.77. The molecule has 0 heterocycles. The van der Waals surface area contributed by atoms with Crippen LogP contribution in [0.2, 0.25) is 0 Å². The van der Waals surface area contributed by atoms with Gasteiger partial charge in [-0.25, -0.2) is 4.79 Å². The molecule has 3 amide bonds. The van der Waals surface area contributed by atoms with Crippen LogP contribution in [-0.2, 0) is 32.1 Å². The van der Waals surface area contributed by atoms with Gasteiger partial charge in [-0.15, -0.1) is 0 Å². The molecular weight excluding hydrogens is 740 g/mol. The van der Waals surface area contributed by atoms with Crippen molar-refractivity contribution < 1.29 is 29.0 Å². The maximum absolute atomic E-state index is 13.3. The molecule has 0 aromatic heterocycles. The molecule has 0 unspecified atom stereocenters. The Balaban J connectivity index is 2.09. The fourth-order valence-electron chi connectivity index (χ4n) is 3.99. The third-order valence-corrected chi connectivity index (χ3v) is 7.54. The lowest BCUT2D eigenvalue weighted by Crippen LogP contribution is -2.55. The molecule has 40 heavy (non-hydrogen) atoms. The Morgan fingerprint density at radius 2 is 1.38 bits per heavy atom. The van der Waals surface area contributed by atoms with Gasteiger partial charge >= 0.3 is 6.09 Å². The van der Waals surface area contributed by atoms with Crippen molar-refractivity contribution in [2.75, 3.05) is 0 Å². The number of alkyl carbamates (subject to hydrolysis) is 1. The smallest absolute Gasteiger partial charge is 0.408 e. The van der Waals surface area contributed by atoms with Crippen LogP contribution in [0.15, 0.2) is 42.5 Å². The number of benzene rings is 2. The van der Waals surface area contributed by atoms with E-state index in [4.69, 9.17) is 4.74 Å². The zero-order valence-electron chi connectivity index (χ0n) is 23.1. The highest BCUT2D eigenvalue weighted by Gasteiger charge is 2.29. The van der Waals surface area contributed by atoms with Crippen LogP contribution in [0.4, 0.5) is 4.79 Å². The van der Waals surface area contributed by atoms with Crippen LogP contribution in [0.5, 0.6) is 5.75 Å². The van der Waals surface area contributed by atoms with Crippen molar-refractivity contribution in [3.8, 4) is 5.75 Å². The molecule has 0 aliphatic heterocycles. The molecule has 0 saturated carbocycles. The van der Waals surface area contributed by atoms with Gasteiger partial charge in [0.1, 0.15) is 30.7 Å². The number of phenolic OH excluding ortho intramolecular Hbond substituents is 1. The zero-order valence-corrected chi connectivity index (χ0v) is 27.4. The molecular formula is C29H37I2N3O6. The van der Waals surface area contributed by atoms with Gasteiger partial charge in [-0.3, -0.25) is 9.59 Å². The first-order valence-corrected chi connectivity index (χ1v) is 15.2. The van der Waals surface area contributed by atoms with Gasteiger partial charge in [0.05, 0.1) is 13.2 Å². The molecule has 2 rings (SSSR count). The molecule has 0 aliphatic carbocycles. The lowest BCUT2D eigenvalue weighted by molar-refractivity contribution is -0.131. The van der Waals surface area contributed by atoms with Gasteiger partial charge in [0.25, 0.3) is 0 Å². The van der Waals surface area contributed by atoms with Gasteiger partial charge in [0, 0.05) is 0 Å². The predicted octanol–water partition coefficient (Wildman–Crippen LogP) is 4.70. The third-order valence-electron chi connectivity index (χ3n) is 5.89. The number of aromatic hydroxyl groups is 1. The first kappa shape index (κ1) is 33.8. The molecule has 2 aromatic carbocycles. The van der Waals surface area contributed by atoms with Crippen LogP contribution in [-0.4, -0.2) is 47.4 Å². The monoisotopic (exact) mass is 777 g/mol. The summed E-state index contributed by atoms with van der Waals surface area (Å²) >= 11 is 4.02. The Hall–Kier alpha value is -2.42. The topological polar surface area (TPSA) is 134 Å². The SMILES string of the molecule is CC(C)C[C@H](NC(=O)OCc1ccccc1)C(=O)N[C@@H](CC(C)C)C(=O)N[C@H](C=O)Cc1cc(I)c(O)c(I)c1. The van der Waals surface area contributed by atoms with Crippen molar-refractivity contribution in [3.63, 3.8) is 0 Å². The standard InChI is InChI=1S/C29H37I2N3O6/c1-17(2)10-24(27(37)32-21(15-35)12-20-13-22(30)26(36)23(31)14-20)33-28(38)25(11-18(3)4)34-29(39)40-16-19-8-6-5-7-9-19/h5-9,13-15,17-18,21,24-25,36H,10-12,16H2,1-4H3,(H,32,37)(H,33,38)(H,34,39)/t21-,24-,25-/m0/s1. The summed E-state index contributed by atoms with van der Waals surface area (Å²) in [5.74, 6) is -0.671. The van der Waals surface area contributed by atoms with Crippen molar-refractivity contribution in [1.29, 1.82) is 0 Å². The molecule has 0 spiro atoms. The number of aldehydes is 1. The fourth-order valence-corrected chi connectivity index (χ4v) is 5.89. The van der Waals surface area contributed by atoms with Crippen LogP contribution in [0, 0.1) is 19.0 Å². The van der Waals surface area contributed by atoms with E-state index in [0.29, 0.717) is 26.3 Å². The minimum absolute atomic E-state index is 0.0628. The number of hydrogen-bond acceptors (Lipinski definition) is 6. The van der Waals surface area contributed by atoms with E-state index in [1.54, 1.807) is 12.1 Å².